The lowest BCUT2D eigenvalue weighted by Gasteiger charge is -2.18. The van der Waals surface area contributed by atoms with Gasteiger partial charge in [-0.2, -0.15) is 0 Å². The summed E-state index contributed by atoms with van der Waals surface area (Å²) in [7, 11) is 3.08. The number of likely N-dealkylation sites (tertiary alicyclic amines) is 1. The van der Waals surface area contributed by atoms with Gasteiger partial charge in [-0.15, -0.1) is 0 Å². The van der Waals surface area contributed by atoms with Crippen LogP contribution >= 0.6 is 0 Å². The van der Waals surface area contributed by atoms with E-state index in [0.29, 0.717) is 18.0 Å². The van der Waals surface area contributed by atoms with E-state index in [2.05, 4.69) is 0 Å². The molecular weight excluding hydrogens is 262 g/mol. The van der Waals surface area contributed by atoms with Gasteiger partial charge in [0.05, 0.1) is 14.2 Å². The van der Waals surface area contributed by atoms with Gasteiger partial charge in [0.25, 0.3) is 0 Å². The predicted molar refractivity (Wildman–Crippen MR) is 68.1 cm³/mol. The van der Waals surface area contributed by atoms with Crippen molar-refractivity contribution < 1.29 is 24.2 Å². The van der Waals surface area contributed by atoms with Crippen LogP contribution in [-0.2, 0) is 16.1 Å². The van der Waals surface area contributed by atoms with Gasteiger partial charge in [-0.25, -0.2) is 0 Å². The fraction of sp³-hybridized carbons (Fsp3) is 0.429. The van der Waals surface area contributed by atoms with Crippen molar-refractivity contribution in [3.05, 3.63) is 23.8 Å². The Kier molecular flexibility index (Phi) is 4.12. The normalized spacial score (nSPS) is 18.2. The molecule has 1 aliphatic heterocycles. The van der Waals surface area contributed by atoms with Gasteiger partial charge in [-0.3, -0.25) is 4.79 Å². The molecule has 1 saturated heterocycles. The van der Waals surface area contributed by atoms with Crippen LogP contribution in [0.15, 0.2) is 18.2 Å². The van der Waals surface area contributed by atoms with Gasteiger partial charge in [-0.05, 0) is 17.7 Å². The van der Waals surface area contributed by atoms with Crippen LogP contribution in [0.1, 0.15) is 12.0 Å². The van der Waals surface area contributed by atoms with E-state index in [0.717, 1.165) is 5.56 Å². The van der Waals surface area contributed by atoms with Gasteiger partial charge in [0.15, 0.2) is 11.5 Å². The number of ether oxygens (including phenoxy) is 2. The van der Waals surface area contributed by atoms with Crippen molar-refractivity contribution in [1.82, 2.24) is 4.90 Å². The number of hydrogen-bond donors (Lipinski definition) is 0. The highest BCUT2D eigenvalue weighted by Gasteiger charge is 2.30. The van der Waals surface area contributed by atoms with Gasteiger partial charge in [0.2, 0.25) is 5.91 Å². The van der Waals surface area contributed by atoms with Crippen molar-refractivity contribution >= 4 is 11.9 Å². The molecule has 1 aromatic carbocycles. The molecule has 0 radical (unpaired) electrons. The van der Waals surface area contributed by atoms with Crippen molar-refractivity contribution in [1.29, 1.82) is 0 Å². The summed E-state index contributed by atoms with van der Waals surface area (Å²) in [6.07, 6.45) is 0.00955. The average Bonchev–Trinajstić information content (AvgIpc) is 2.80. The number of benzene rings is 1. The Morgan fingerprint density at radius 2 is 2.05 bits per heavy atom. The number of amides is 1. The first-order valence-electron chi connectivity index (χ1n) is 6.24. The number of methoxy groups -OCH3 is 2. The van der Waals surface area contributed by atoms with Crippen molar-refractivity contribution in [3.63, 3.8) is 0 Å². The zero-order chi connectivity index (χ0) is 14.7. The largest absolute Gasteiger partial charge is 0.550 e. The topological polar surface area (TPSA) is 78.9 Å². The fourth-order valence-corrected chi connectivity index (χ4v) is 2.28. The maximum atomic E-state index is 11.7. The third-order valence-corrected chi connectivity index (χ3v) is 3.37. The number of aliphatic carboxylic acids is 1. The number of nitrogens with zero attached hydrogens (tertiary/aromatic N) is 1. The van der Waals surface area contributed by atoms with Gasteiger partial charge < -0.3 is 24.3 Å². The molecule has 1 amide bonds. The van der Waals surface area contributed by atoms with Crippen LogP contribution in [0.5, 0.6) is 11.5 Å². The lowest BCUT2D eigenvalue weighted by molar-refractivity contribution is -0.311. The van der Waals surface area contributed by atoms with Gasteiger partial charge >= 0.3 is 0 Å². The zero-order valence-electron chi connectivity index (χ0n) is 11.4. The summed E-state index contributed by atoms with van der Waals surface area (Å²) >= 11 is 0. The minimum absolute atomic E-state index is 0.00955. The molecule has 1 aliphatic rings. The molecule has 1 fully saturated rings. The van der Waals surface area contributed by atoms with Crippen molar-refractivity contribution in [2.24, 2.45) is 5.92 Å². The molecule has 1 atom stereocenters. The summed E-state index contributed by atoms with van der Waals surface area (Å²) in [5, 5.41) is 10.8. The Morgan fingerprint density at radius 3 is 2.60 bits per heavy atom. The highest BCUT2D eigenvalue weighted by molar-refractivity contribution is 5.85. The number of carbonyl (C=O) groups is 2. The van der Waals surface area contributed by atoms with Crippen molar-refractivity contribution in [2.75, 3.05) is 20.8 Å². The zero-order valence-corrected chi connectivity index (χ0v) is 11.4. The second-order valence-corrected chi connectivity index (χ2v) is 4.68. The third-order valence-electron chi connectivity index (χ3n) is 3.37. The highest BCUT2D eigenvalue weighted by Crippen LogP contribution is 2.29. The Hall–Kier alpha value is -2.24. The lowest BCUT2D eigenvalue weighted by atomic mass is 10.1. The summed E-state index contributed by atoms with van der Waals surface area (Å²) in [6, 6.07) is 5.35. The molecule has 0 unspecified atom stereocenters. The van der Waals surface area contributed by atoms with E-state index >= 15 is 0 Å². The summed E-state index contributed by atoms with van der Waals surface area (Å²) in [6.45, 7) is 0.540. The third kappa shape index (κ3) is 2.84. The van der Waals surface area contributed by atoms with Crippen molar-refractivity contribution in [2.45, 2.75) is 13.0 Å². The first-order chi connectivity index (χ1) is 9.55. The maximum absolute atomic E-state index is 11.7. The van der Waals surface area contributed by atoms with Crippen LogP contribution < -0.4 is 14.6 Å². The van der Waals surface area contributed by atoms with E-state index in [9.17, 15) is 14.7 Å². The standard InChI is InChI=1S/C14H17NO5/c1-19-11-4-3-9(5-12(11)20-2)7-15-8-10(14(17)18)6-13(15)16/h3-5,10H,6-8H2,1-2H3,(H,17,18)/p-1/t10-/m0/s1. The monoisotopic (exact) mass is 278 g/mol. The van der Waals surface area contributed by atoms with Gasteiger partial charge in [0.1, 0.15) is 0 Å². The Labute approximate surface area is 116 Å². The number of hydrogen-bond acceptors (Lipinski definition) is 5. The lowest BCUT2D eigenvalue weighted by Crippen LogP contribution is -2.33. The molecule has 0 bridgehead atoms. The molecule has 1 aromatic rings. The molecule has 2 rings (SSSR count). The molecule has 20 heavy (non-hydrogen) atoms. The molecule has 0 aliphatic carbocycles. The number of carboxylic acid groups (broad SMARTS) is 1. The van der Waals surface area contributed by atoms with Crippen LogP contribution in [0.2, 0.25) is 0 Å². The van der Waals surface area contributed by atoms with E-state index in [1.165, 1.54) is 12.0 Å². The molecule has 0 spiro atoms. The first kappa shape index (κ1) is 14.2. The SMILES string of the molecule is COc1ccc(CN2C[C@@H](C(=O)[O-])CC2=O)cc1OC. The molecule has 0 aromatic heterocycles. The summed E-state index contributed by atoms with van der Waals surface area (Å²) in [4.78, 5) is 24.1. The number of rotatable bonds is 5. The molecule has 6 heteroatoms. The number of carbonyl (C=O) groups excluding carboxylic acids is 2. The summed E-state index contributed by atoms with van der Waals surface area (Å²) < 4.78 is 10.3. The molecular formula is C14H16NO5-. The fourth-order valence-electron chi connectivity index (χ4n) is 2.28. The molecule has 6 nitrogen and oxygen atoms in total. The van der Waals surface area contributed by atoms with Crippen LogP contribution in [0.3, 0.4) is 0 Å². The van der Waals surface area contributed by atoms with Crippen LogP contribution in [0.25, 0.3) is 0 Å². The summed E-state index contributed by atoms with van der Waals surface area (Å²) in [5.41, 5.74) is 0.856. The molecule has 0 saturated carbocycles. The summed E-state index contributed by atoms with van der Waals surface area (Å²) in [5.74, 6) is -0.880. The Morgan fingerprint density at radius 1 is 1.35 bits per heavy atom. The van der Waals surface area contributed by atoms with Gasteiger partial charge in [0, 0.05) is 31.4 Å². The van der Waals surface area contributed by atoms with E-state index in [1.807, 2.05) is 6.07 Å². The Bertz CT molecular complexity index is 528. The minimum atomic E-state index is -1.17. The smallest absolute Gasteiger partial charge is 0.223 e. The van der Waals surface area contributed by atoms with Gasteiger partial charge in [-0.1, -0.05) is 6.07 Å². The molecule has 108 valence electrons. The van der Waals surface area contributed by atoms with Crippen LogP contribution in [0.4, 0.5) is 0 Å². The van der Waals surface area contributed by atoms with E-state index in [-0.39, 0.29) is 18.9 Å². The average molecular weight is 278 g/mol. The van der Waals surface area contributed by atoms with Crippen molar-refractivity contribution in [3.8, 4) is 11.5 Å². The second-order valence-electron chi connectivity index (χ2n) is 4.68. The quantitative estimate of drug-likeness (QED) is 0.745. The molecule has 1 heterocycles. The second kappa shape index (κ2) is 5.81. The first-order valence-corrected chi connectivity index (χ1v) is 6.24. The van der Waals surface area contributed by atoms with Crippen LogP contribution in [0, 0.1) is 5.92 Å². The van der Waals surface area contributed by atoms with E-state index in [1.54, 1.807) is 19.2 Å². The maximum Gasteiger partial charge on any atom is 0.223 e. The molecule has 0 N–H and O–H groups in total. The van der Waals surface area contributed by atoms with E-state index < -0.39 is 11.9 Å². The van der Waals surface area contributed by atoms with Crippen LogP contribution in [-0.4, -0.2) is 37.5 Å². The number of carboxylic acids is 1. The minimum Gasteiger partial charge on any atom is -0.550 e. The Balaban J connectivity index is 2.10. The van der Waals surface area contributed by atoms with E-state index in [4.69, 9.17) is 9.47 Å². The predicted octanol–water partition coefficient (Wildman–Crippen LogP) is -0.198. The highest BCUT2D eigenvalue weighted by atomic mass is 16.5.